The molecule has 0 bridgehead atoms. The molecule has 1 unspecified atom stereocenters. The summed E-state index contributed by atoms with van der Waals surface area (Å²) in [5.41, 5.74) is 1.73. The first-order chi connectivity index (χ1) is 9.49. The van der Waals surface area contributed by atoms with Crippen molar-refractivity contribution in [1.82, 2.24) is 0 Å². The van der Waals surface area contributed by atoms with Crippen LogP contribution in [0.25, 0.3) is 0 Å². The number of halogens is 2. The number of hydrogen-bond donors (Lipinski definition) is 1. The van der Waals surface area contributed by atoms with Gasteiger partial charge < -0.3 is 10.0 Å². The van der Waals surface area contributed by atoms with Crippen LogP contribution >= 0.6 is 0 Å². The van der Waals surface area contributed by atoms with Crippen molar-refractivity contribution in [3.05, 3.63) is 65.2 Å². The predicted molar refractivity (Wildman–Crippen MR) is 75.5 cm³/mol. The SMILES string of the molecule is CC(O)c1cc(F)ccc1N(C)Cc1ccccc1F. The van der Waals surface area contributed by atoms with Gasteiger partial charge in [0.2, 0.25) is 0 Å². The molecule has 0 saturated carbocycles. The van der Waals surface area contributed by atoms with E-state index in [-0.39, 0.29) is 5.82 Å². The second kappa shape index (κ2) is 6.01. The first kappa shape index (κ1) is 14.5. The molecule has 2 nitrogen and oxygen atoms in total. The Morgan fingerprint density at radius 3 is 2.50 bits per heavy atom. The van der Waals surface area contributed by atoms with Crippen LogP contribution in [0.15, 0.2) is 42.5 Å². The van der Waals surface area contributed by atoms with E-state index >= 15 is 0 Å². The highest BCUT2D eigenvalue weighted by molar-refractivity contribution is 5.54. The molecule has 0 heterocycles. The maximum absolute atomic E-state index is 13.7. The fraction of sp³-hybridized carbons (Fsp3) is 0.250. The van der Waals surface area contributed by atoms with E-state index in [2.05, 4.69) is 0 Å². The van der Waals surface area contributed by atoms with Crippen molar-refractivity contribution in [2.24, 2.45) is 0 Å². The molecule has 2 aromatic rings. The zero-order valence-electron chi connectivity index (χ0n) is 11.5. The van der Waals surface area contributed by atoms with Gasteiger partial charge in [0.05, 0.1) is 6.10 Å². The van der Waals surface area contributed by atoms with E-state index in [1.807, 2.05) is 0 Å². The first-order valence-electron chi connectivity index (χ1n) is 6.41. The molecule has 0 aliphatic rings. The quantitative estimate of drug-likeness (QED) is 0.922. The number of nitrogens with zero attached hydrogens (tertiary/aromatic N) is 1. The molecule has 2 rings (SSSR count). The highest BCUT2D eigenvalue weighted by Gasteiger charge is 2.14. The van der Waals surface area contributed by atoms with Gasteiger partial charge in [0.25, 0.3) is 0 Å². The van der Waals surface area contributed by atoms with Crippen LogP contribution in [-0.4, -0.2) is 12.2 Å². The van der Waals surface area contributed by atoms with Crippen molar-refractivity contribution in [2.75, 3.05) is 11.9 Å². The Morgan fingerprint density at radius 1 is 1.15 bits per heavy atom. The van der Waals surface area contributed by atoms with Crippen LogP contribution < -0.4 is 4.90 Å². The van der Waals surface area contributed by atoms with E-state index in [4.69, 9.17) is 0 Å². The second-order valence-corrected chi connectivity index (χ2v) is 4.83. The van der Waals surface area contributed by atoms with Crippen molar-refractivity contribution >= 4 is 5.69 Å². The Labute approximate surface area is 117 Å². The number of anilines is 1. The Hall–Kier alpha value is -1.94. The molecule has 0 fully saturated rings. The summed E-state index contributed by atoms with van der Waals surface area (Å²) in [5.74, 6) is -0.677. The standard InChI is InChI=1S/C16H17F2NO/c1-11(20)14-9-13(17)7-8-16(14)19(2)10-12-5-3-4-6-15(12)18/h3-9,11,20H,10H2,1-2H3. The maximum atomic E-state index is 13.7. The molecule has 20 heavy (non-hydrogen) atoms. The lowest BCUT2D eigenvalue weighted by atomic mass is 10.1. The Morgan fingerprint density at radius 2 is 1.85 bits per heavy atom. The van der Waals surface area contributed by atoms with Crippen LogP contribution in [0, 0.1) is 11.6 Å². The van der Waals surface area contributed by atoms with Crippen molar-refractivity contribution in [1.29, 1.82) is 0 Å². The van der Waals surface area contributed by atoms with Crippen LogP contribution in [0.2, 0.25) is 0 Å². The molecule has 0 saturated heterocycles. The number of benzene rings is 2. The van der Waals surface area contributed by atoms with Crippen LogP contribution in [0.4, 0.5) is 14.5 Å². The number of hydrogen-bond acceptors (Lipinski definition) is 2. The second-order valence-electron chi connectivity index (χ2n) is 4.83. The molecule has 0 aliphatic carbocycles. The zero-order valence-corrected chi connectivity index (χ0v) is 11.5. The van der Waals surface area contributed by atoms with Gasteiger partial charge in [0.1, 0.15) is 11.6 Å². The highest BCUT2D eigenvalue weighted by atomic mass is 19.1. The molecular weight excluding hydrogens is 260 g/mol. The van der Waals surface area contributed by atoms with Crippen molar-refractivity contribution < 1.29 is 13.9 Å². The Bertz CT molecular complexity index is 599. The number of aliphatic hydroxyl groups excluding tert-OH is 1. The summed E-state index contributed by atoms with van der Waals surface area (Å²) in [6, 6.07) is 10.8. The van der Waals surface area contributed by atoms with Gasteiger partial charge in [-0.2, -0.15) is 0 Å². The van der Waals surface area contributed by atoms with E-state index in [9.17, 15) is 13.9 Å². The third-order valence-electron chi connectivity index (χ3n) is 3.22. The smallest absolute Gasteiger partial charge is 0.128 e. The molecule has 2 aromatic carbocycles. The lowest BCUT2D eigenvalue weighted by Crippen LogP contribution is -2.19. The van der Waals surface area contributed by atoms with E-state index < -0.39 is 11.9 Å². The molecule has 0 spiro atoms. The van der Waals surface area contributed by atoms with E-state index in [0.29, 0.717) is 23.4 Å². The topological polar surface area (TPSA) is 23.5 Å². The van der Waals surface area contributed by atoms with E-state index in [0.717, 1.165) is 0 Å². The van der Waals surface area contributed by atoms with Crippen LogP contribution in [0.3, 0.4) is 0 Å². The minimum absolute atomic E-state index is 0.278. The summed E-state index contributed by atoms with van der Waals surface area (Å²) >= 11 is 0. The van der Waals surface area contributed by atoms with Gasteiger partial charge in [0.15, 0.2) is 0 Å². The average Bonchev–Trinajstić information content (AvgIpc) is 2.41. The molecule has 0 aliphatic heterocycles. The molecule has 1 N–H and O–H groups in total. The molecule has 0 amide bonds. The largest absolute Gasteiger partial charge is 0.389 e. The minimum atomic E-state index is -0.788. The number of rotatable bonds is 4. The highest BCUT2D eigenvalue weighted by Crippen LogP contribution is 2.27. The summed E-state index contributed by atoms with van der Waals surface area (Å²) < 4.78 is 26.9. The average molecular weight is 277 g/mol. The molecule has 0 aromatic heterocycles. The lowest BCUT2D eigenvalue weighted by Gasteiger charge is -2.24. The first-order valence-corrected chi connectivity index (χ1v) is 6.41. The maximum Gasteiger partial charge on any atom is 0.128 e. The van der Waals surface area contributed by atoms with Gasteiger partial charge in [-0.05, 0) is 31.2 Å². The molecule has 4 heteroatoms. The monoisotopic (exact) mass is 277 g/mol. The summed E-state index contributed by atoms with van der Waals surface area (Å²) in [5, 5.41) is 9.73. The van der Waals surface area contributed by atoms with Crippen LogP contribution in [0.5, 0.6) is 0 Å². The molecule has 1 atom stereocenters. The van der Waals surface area contributed by atoms with E-state index in [1.165, 1.54) is 18.2 Å². The Balaban J connectivity index is 2.30. The van der Waals surface area contributed by atoms with Gasteiger partial charge in [-0.25, -0.2) is 8.78 Å². The fourth-order valence-electron chi connectivity index (χ4n) is 2.17. The molecule has 106 valence electrons. The molecular formula is C16H17F2NO. The van der Waals surface area contributed by atoms with Gasteiger partial charge in [-0.3, -0.25) is 0 Å². The predicted octanol–water partition coefficient (Wildman–Crippen LogP) is 3.65. The van der Waals surface area contributed by atoms with Gasteiger partial charge in [0, 0.05) is 30.4 Å². The molecule has 0 radical (unpaired) electrons. The van der Waals surface area contributed by atoms with E-state index in [1.54, 1.807) is 43.1 Å². The summed E-state index contributed by atoms with van der Waals surface area (Å²) in [6.45, 7) is 1.92. The van der Waals surface area contributed by atoms with Crippen LogP contribution in [-0.2, 0) is 6.54 Å². The summed E-state index contributed by atoms with van der Waals surface area (Å²) in [4.78, 5) is 1.79. The Kier molecular flexibility index (Phi) is 4.35. The third-order valence-corrected chi connectivity index (χ3v) is 3.22. The van der Waals surface area contributed by atoms with Gasteiger partial charge in [-0.15, -0.1) is 0 Å². The summed E-state index contributed by atoms with van der Waals surface area (Å²) in [6.07, 6.45) is -0.788. The van der Waals surface area contributed by atoms with Crippen molar-refractivity contribution in [3.8, 4) is 0 Å². The minimum Gasteiger partial charge on any atom is -0.389 e. The van der Waals surface area contributed by atoms with Gasteiger partial charge in [-0.1, -0.05) is 18.2 Å². The van der Waals surface area contributed by atoms with Crippen molar-refractivity contribution in [3.63, 3.8) is 0 Å². The van der Waals surface area contributed by atoms with Gasteiger partial charge >= 0.3 is 0 Å². The fourth-order valence-corrected chi connectivity index (χ4v) is 2.17. The normalized spacial score (nSPS) is 12.2. The lowest BCUT2D eigenvalue weighted by molar-refractivity contribution is 0.199. The third kappa shape index (κ3) is 3.14. The van der Waals surface area contributed by atoms with Crippen molar-refractivity contribution in [2.45, 2.75) is 19.6 Å². The summed E-state index contributed by atoms with van der Waals surface area (Å²) in [7, 11) is 1.78. The van der Waals surface area contributed by atoms with Crippen LogP contribution in [0.1, 0.15) is 24.2 Å². The zero-order chi connectivity index (χ0) is 14.7. The number of aliphatic hydroxyl groups is 1.